The standard InChI is InChI=1S/C14H21NO2/c1-11-5-6-13(14(10-11)16-2)15-12-4-3-8-17-9-7-12/h5-6,10,12,15H,3-4,7-9H2,1-2H3. The average Bonchev–Trinajstić information content (AvgIpc) is 2.60. The molecule has 0 saturated carbocycles. The number of ether oxygens (including phenoxy) is 2. The fraction of sp³-hybridized carbons (Fsp3) is 0.571. The highest BCUT2D eigenvalue weighted by atomic mass is 16.5. The summed E-state index contributed by atoms with van der Waals surface area (Å²) in [4.78, 5) is 0. The molecule has 1 aromatic carbocycles. The first-order valence-corrected chi connectivity index (χ1v) is 6.28. The van der Waals surface area contributed by atoms with Crippen LogP contribution in [0.25, 0.3) is 0 Å². The van der Waals surface area contributed by atoms with Gasteiger partial charge in [-0.05, 0) is 43.9 Å². The predicted molar refractivity (Wildman–Crippen MR) is 69.8 cm³/mol. The highest BCUT2D eigenvalue weighted by Gasteiger charge is 2.13. The third kappa shape index (κ3) is 3.37. The quantitative estimate of drug-likeness (QED) is 0.873. The normalized spacial score (nSPS) is 20.7. The number of anilines is 1. The molecule has 1 aromatic rings. The third-order valence-corrected chi connectivity index (χ3v) is 3.17. The second-order valence-electron chi connectivity index (χ2n) is 4.59. The summed E-state index contributed by atoms with van der Waals surface area (Å²) in [6, 6.07) is 6.77. The molecule has 1 fully saturated rings. The number of aryl methyl sites for hydroxylation is 1. The Morgan fingerprint density at radius 2 is 2.18 bits per heavy atom. The van der Waals surface area contributed by atoms with Crippen LogP contribution in [-0.2, 0) is 4.74 Å². The maximum absolute atomic E-state index is 5.47. The first-order chi connectivity index (χ1) is 8.29. The van der Waals surface area contributed by atoms with Gasteiger partial charge in [0.25, 0.3) is 0 Å². The van der Waals surface area contributed by atoms with Gasteiger partial charge in [0.05, 0.1) is 12.8 Å². The second-order valence-corrected chi connectivity index (χ2v) is 4.59. The molecular weight excluding hydrogens is 214 g/mol. The highest BCUT2D eigenvalue weighted by Crippen LogP contribution is 2.27. The summed E-state index contributed by atoms with van der Waals surface area (Å²) in [5.41, 5.74) is 2.31. The largest absolute Gasteiger partial charge is 0.495 e. The van der Waals surface area contributed by atoms with Gasteiger partial charge >= 0.3 is 0 Å². The van der Waals surface area contributed by atoms with Gasteiger partial charge < -0.3 is 14.8 Å². The van der Waals surface area contributed by atoms with Crippen molar-refractivity contribution < 1.29 is 9.47 Å². The van der Waals surface area contributed by atoms with Crippen LogP contribution in [0.3, 0.4) is 0 Å². The zero-order valence-electron chi connectivity index (χ0n) is 10.7. The molecule has 0 bridgehead atoms. The third-order valence-electron chi connectivity index (χ3n) is 3.17. The second kappa shape index (κ2) is 5.92. The van der Waals surface area contributed by atoms with Gasteiger partial charge in [-0.2, -0.15) is 0 Å². The minimum Gasteiger partial charge on any atom is -0.495 e. The molecule has 0 radical (unpaired) electrons. The Balaban J connectivity index is 2.06. The number of hydrogen-bond donors (Lipinski definition) is 1. The van der Waals surface area contributed by atoms with Crippen molar-refractivity contribution in [2.24, 2.45) is 0 Å². The van der Waals surface area contributed by atoms with Crippen LogP contribution in [0.5, 0.6) is 5.75 Å². The molecule has 0 spiro atoms. The summed E-state index contributed by atoms with van der Waals surface area (Å²) in [7, 11) is 1.72. The van der Waals surface area contributed by atoms with Crippen LogP contribution >= 0.6 is 0 Å². The Hall–Kier alpha value is -1.22. The van der Waals surface area contributed by atoms with E-state index in [0.29, 0.717) is 6.04 Å². The van der Waals surface area contributed by atoms with Crippen molar-refractivity contribution in [2.45, 2.75) is 32.2 Å². The number of methoxy groups -OCH3 is 1. The molecule has 0 amide bonds. The zero-order valence-corrected chi connectivity index (χ0v) is 10.7. The molecule has 1 atom stereocenters. The zero-order chi connectivity index (χ0) is 12.1. The lowest BCUT2D eigenvalue weighted by atomic mass is 10.1. The van der Waals surface area contributed by atoms with Crippen molar-refractivity contribution in [3.05, 3.63) is 23.8 Å². The Morgan fingerprint density at radius 1 is 1.29 bits per heavy atom. The van der Waals surface area contributed by atoms with Crippen LogP contribution in [0.15, 0.2) is 18.2 Å². The molecule has 1 saturated heterocycles. The van der Waals surface area contributed by atoms with E-state index < -0.39 is 0 Å². The first-order valence-electron chi connectivity index (χ1n) is 6.28. The molecule has 3 nitrogen and oxygen atoms in total. The van der Waals surface area contributed by atoms with Gasteiger partial charge in [0.1, 0.15) is 5.75 Å². The molecule has 1 aliphatic heterocycles. The van der Waals surface area contributed by atoms with Crippen LogP contribution in [0.4, 0.5) is 5.69 Å². The van der Waals surface area contributed by atoms with Crippen LogP contribution in [0.1, 0.15) is 24.8 Å². The van der Waals surface area contributed by atoms with E-state index in [0.717, 1.165) is 43.9 Å². The first kappa shape index (κ1) is 12.2. The van der Waals surface area contributed by atoms with E-state index in [1.807, 2.05) is 0 Å². The number of rotatable bonds is 3. The maximum Gasteiger partial charge on any atom is 0.142 e. The van der Waals surface area contributed by atoms with E-state index >= 15 is 0 Å². The molecule has 1 N–H and O–H groups in total. The number of hydrogen-bond acceptors (Lipinski definition) is 3. The van der Waals surface area contributed by atoms with Crippen LogP contribution < -0.4 is 10.1 Å². The molecule has 3 heteroatoms. The molecule has 1 aliphatic rings. The molecule has 17 heavy (non-hydrogen) atoms. The fourth-order valence-electron chi connectivity index (χ4n) is 2.19. The van der Waals surface area contributed by atoms with Crippen molar-refractivity contribution in [3.8, 4) is 5.75 Å². The Labute approximate surface area is 103 Å². The van der Waals surface area contributed by atoms with Crippen molar-refractivity contribution in [3.63, 3.8) is 0 Å². The van der Waals surface area contributed by atoms with Crippen molar-refractivity contribution in [2.75, 3.05) is 25.6 Å². The van der Waals surface area contributed by atoms with Gasteiger partial charge in [0.15, 0.2) is 0 Å². The summed E-state index contributed by atoms with van der Waals surface area (Å²) in [5, 5.41) is 3.56. The Bertz CT molecular complexity index is 357. The lowest BCUT2D eigenvalue weighted by Crippen LogP contribution is -2.19. The van der Waals surface area contributed by atoms with E-state index in [1.165, 1.54) is 5.56 Å². The predicted octanol–water partition coefficient (Wildman–Crippen LogP) is 2.98. The SMILES string of the molecule is COc1cc(C)ccc1NC1CCCOCC1. The van der Waals surface area contributed by atoms with Crippen molar-refractivity contribution in [1.82, 2.24) is 0 Å². The summed E-state index contributed by atoms with van der Waals surface area (Å²) in [6.45, 7) is 3.82. The van der Waals surface area contributed by atoms with Gasteiger partial charge in [-0.1, -0.05) is 6.07 Å². The van der Waals surface area contributed by atoms with Crippen molar-refractivity contribution >= 4 is 5.69 Å². The molecule has 2 rings (SSSR count). The summed E-state index contributed by atoms with van der Waals surface area (Å²) in [6.07, 6.45) is 3.36. The topological polar surface area (TPSA) is 30.5 Å². The highest BCUT2D eigenvalue weighted by molar-refractivity contribution is 5.58. The van der Waals surface area contributed by atoms with E-state index in [1.54, 1.807) is 7.11 Å². The molecule has 0 aliphatic carbocycles. The van der Waals surface area contributed by atoms with Crippen LogP contribution in [0, 0.1) is 6.92 Å². The smallest absolute Gasteiger partial charge is 0.142 e. The summed E-state index contributed by atoms with van der Waals surface area (Å²) < 4.78 is 10.9. The van der Waals surface area contributed by atoms with Crippen LogP contribution in [-0.4, -0.2) is 26.4 Å². The number of benzene rings is 1. The molecule has 1 unspecified atom stereocenters. The minimum atomic E-state index is 0.495. The summed E-state index contributed by atoms with van der Waals surface area (Å²) >= 11 is 0. The molecule has 1 heterocycles. The fourth-order valence-corrected chi connectivity index (χ4v) is 2.19. The molecule has 0 aromatic heterocycles. The Morgan fingerprint density at radius 3 is 3.00 bits per heavy atom. The van der Waals surface area contributed by atoms with Crippen molar-refractivity contribution in [1.29, 1.82) is 0 Å². The van der Waals surface area contributed by atoms with Gasteiger partial charge in [-0.25, -0.2) is 0 Å². The lowest BCUT2D eigenvalue weighted by Gasteiger charge is -2.19. The maximum atomic E-state index is 5.47. The van der Waals surface area contributed by atoms with E-state index in [4.69, 9.17) is 9.47 Å². The lowest BCUT2D eigenvalue weighted by molar-refractivity contribution is 0.144. The molecular formula is C14H21NO2. The van der Waals surface area contributed by atoms with Gasteiger partial charge in [-0.3, -0.25) is 0 Å². The average molecular weight is 235 g/mol. The van der Waals surface area contributed by atoms with Gasteiger partial charge in [0.2, 0.25) is 0 Å². The van der Waals surface area contributed by atoms with E-state index in [-0.39, 0.29) is 0 Å². The summed E-state index contributed by atoms with van der Waals surface area (Å²) in [5.74, 6) is 0.926. The van der Waals surface area contributed by atoms with E-state index in [9.17, 15) is 0 Å². The van der Waals surface area contributed by atoms with Gasteiger partial charge in [-0.15, -0.1) is 0 Å². The number of nitrogens with one attached hydrogen (secondary N) is 1. The van der Waals surface area contributed by atoms with Gasteiger partial charge in [0, 0.05) is 19.3 Å². The minimum absolute atomic E-state index is 0.495. The van der Waals surface area contributed by atoms with Crippen LogP contribution in [0.2, 0.25) is 0 Å². The van der Waals surface area contributed by atoms with E-state index in [2.05, 4.69) is 30.4 Å². The monoisotopic (exact) mass is 235 g/mol. The Kier molecular flexibility index (Phi) is 4.26. The molecule has 94 valence electrons.